The third-order valence-corrected chi connectivity index (χ3v) is 2.49. The van der Waals surface area contributed by atoms with Crippen LogP contribution in [0.15, 0.2) is 29.2 Å². The number of thioether (sulfide) groups is 1. The smallest absolute Gasteiger partial charge is 0.116 e. The maximum absolute atomic E-state index is 9.17. The number of aromatic hydroxyl groups is 1. The summed E-state index contributed by atoms with van der Waals surface area (Å²) >= 11 is 1.71. The highest BCUT2D eigenvalue weighted by atomic mass is 32.2. The fourth-order valence-corrected chi connectivity index (χ4v) is 1.74. The van der Waals surface area contributed by atoms with Gasteiger partial charge in [0.05, 0.1) is 0 Å². The Morgan fingerprint density at radius 2 is 2.31 bits per heavy atom. The summed E-state index contributed by atoms with van der Waals surface area (Å²) in [5.74, 6) is 7.15. The van der Waals surface area contributed by atoms with Crippen LogP contribution in [0.5, 0.6) is 5.75 Å². The molecule has 0 bridgehead atoms. The summed E-state index contributed by atoms with van der Waals surface area (Å²) in [6.45, 7) is 1.85. The normalized spacial score (nSPS) is 9.00. The van der Waals surface area contributed by atoms with E-state index in [4.69, 9.17) is 0 Å². The largest absolute Gasteiger partial charge is 0.508 e. The minimum absolute atomic E-state index is 0.326. The number of hydrogen-bond acceptors (Lipinski definition) is 2. The van der Waals surface area contributed by atoms with Gasteiger partial charge in [0, 0.05) is 17.1 Å². The van der Waals surface area contributed by atoms with Crippen molar-refractivity contribution in [3.05, 3.63) is 24.3 Å². The third kappa shape index (κ3) is 3.91. The van der Waals surface area contributed by atoms with Gasteiger partial charge in [-0.05, 0) is 25.1 Å². The van der Waals surface area contributed by atoms with Crippen LogP contribution in [-0.4, -0.2) is 10.9 Å². The third-order valence-electron chi connectivity index (χ3n) is 1.49. The molecule has 0 spiro atoms. The molecule has 0 saturated heterocycles. The van der Waals surface area contributed by atoms with Crippen molar-refractivity contribution in [2.75, 3.05) is 5.75 Å². The fourth-order valence-electron chi connectivity index (χ4n) is 0.918. The van der Waals surface area contributed by atoms with Gasteiger partial charge in [0.15, 0.2) is 0 Å². The van der Waals surface area contributed by atoms with E-state index < -0.39 is 0 Å². The Labute approximate surface area is 83.2 Å². The molecule has 0 saturated carbocycles. The average Bonchev–Trinajstić information content (AvgIpc) is 2.13. The molecule has 0 amide bonds. The zero-order valence-corrected chi connectivity index (χ0v) is 8.40. The minimum atomic E-state index is 0.326. The molecule has 0 fully saturated rings. The van der Waals surface area contributed by atoms with Gasteiger partial charge in [0.25, 0.3) is 0 Å². The number of phenolic OH excluding ortho intramolecular Hbond substituents is 1. The Morgan fingerprint density at radius 1 is 1.46 bits per heavy atom. The highest BCUT2D eigenvalue weighted by molar-refractivity contribution is 7.99. The van der Waals surface area contributed by atoms with Crippen molar-refractivity contribution in [3.63, 3.8) is 0 Å². The molecule has 1 aromatic rings. The summed E-state index contributed by atoms with van der Waals surface area (Å²) < 4.78 is 0. The molecule has 68 valence electrons. The van der Waals surface area contributed by atoms with E-state index >= 15 is 0 Å². The average molecular weight is 192 g/mol. The topological polar surface area (TPSA) is 20.2 Å². The quantitative estimate of drug-likeness (QED) is 0.451. The monoisotopic (exact) mass is 192 g/mol. The lowest BCUT2D eigenvalue weighted by Crippen LogP contribution is -1.76. The minimum Gasteiger partial charge on any atom is -0.508 e. The second-order valence-electron chi connectivity index (χ2n) is 2.52. The highest BCUT2D eigenvalue weighted by Gasteiger charge is 1.93. The van der Waals surface area contributed by atoms with E-state index in [0.29, 0.717) is 5.75 Å². The van der Waals surface area contributed by atoms with Crippen molar-refractivity contribution >= 4 is 11.8 Å². The number of rotatable bonds is 3. The molecule has 0 heterocycles. The molecule has 1 nitrogen and oxygen atoms in total. The van der Waals surface area contributed by atoms with Gasteiger partial charge in [0.2, 0.25) is 0 Å². The second-order valence-corrected chi connectivity index (χ2v) is 3.69. The molecule has 0 atom stereocenters. The van der Waals surface area contributed by atoms with Crippen molar-refractivity contribution in [1.29, 1.82) is 0 Å². The lowest BCUT2D eigenvalue weighted by molar-refractivity contribution is 0.474. The van der Waals surface area contributed by atoms with Crippen molar-refractivity contribution in [2.45, 2.75) is 18.2 Å². The van der Waals surface area contributed by atoms with Crippen LogP contribution in [0.3, 0.4) is 0 Å². The molecule has 0 aromatic heterocycles. The Kier molecular flexibility index (Phi) is 4.28. The molecule has 1 rings (SSSR count). The molecule has 0 unspecified atom stereocenters. The summed E-state index contributed by atoms with van der Waals surface area (Å²) in [6.07, 6.45) is 0.900. The van der Waals surface area contributed by atoms with Gasteiger partial charge in [0.1, 0.15) is 5.75 Å². The Hall–Kier alpha value is -1.07. The maximum Gasteiger partial charge on any atom is 0.116 e. The predicted octanol–water partition coefficient (Wildman–Crippen LogP) is 2.90. The first-order valence-electron chi connectivity index (χ1n) is 4.14. The first-order chi connectivity index (χ1) is 6.33. The summed E-state index contributed by atoms with van der Waals surface area (Å²) in [7, 11) is 0. The number of phenols is 1. The zero-order chi connectivity index (χ0) is 9.52. The Bertz CT molecular complexity index is 322. The van der Waals surface area contributed by atoms with Gasteiger partial charge < -0.3 is 5.11 Å². The van der Waals surface area contributed by atoms with E-state index in [9.17, 15) is 5.11 Å². The van der Waals surface area contributed by atoms with Gasteiger partial charge in [-0.25, -0.2) is 0 Å². The molecule has 1 N–H and O–H groups in total. The van der Waals surface area contributed by atoms with Crippen LogP contribution in [0.2, 0.25) is 0 Å². The van der Waals surface area contributed by atoms with Crippen molar-refractivity contribution in [1.82, 2.24) is 0 Å². The van der Waals surface area contributed by atoms with Crippen LogP contribution >= 0.6 is 11.8 Å². The Morgan fingerprint density at radius 3 is 3.00 bits per heavy atom. The van der Waals surface area contributed by atoms with Crippen molar-refractivity contribution < 1.29 is 5.11 Å². The molecule has 13 heavy (non-hydrogen) atoms. The molecule has 0 aliphatic carbocycles. The van der Waals surface area contributed by atoms with Gasteiger partial charge in [-0.3, -0.25) is 0 Å². The highest BCUT2D eigenvalue weighted by Crippen LogP contribution is 2.22. The second kappa shape index (κ2) is 5.55. The lowest BCUT2D eigenvalue weighted by Gasteiger charge is -1.98. The van der Waals surface area contributed by atoms with Crippen molar-refractivity contribution in [2.24, 2.45) is 0 Å². The molecule has 0 aliphatic heterocycles. The zero-order valence-electron chi connectivity index (χ0n) is 7.58. The van der Waals surface area contributed by atoms with Crippen LogP contribution in [-0.2, 0) is 0 Å². The Balaban J connectivity index is 2.39. The van der Waals surface area contributed by atoms with E-state index in [2.05, 4.69) is 11.8 Å². The maximum atomic E-state index is 9.17. The van der Waals surface area contributed by atoms with Gasteiger partial charge in [-0.15, -0.1) is 23.6 Å². The SMILES string of the molecule is CC#CCCSc1cccc(O)c1. The van der Waals surface area contributed by atoms with Gasteiger partial charge >= 0.3 is 0 Å². The molecular weight excluding hydrogens is 180 g/mol. The van der Waals surface area contributed by atoms with Crippen LogP contribution in [0.25, 0.3) is 0 Å². The molecule has 2 heteroatoms. The van der Waals surface area contributed by atoms with Crippen LogP contribution in [0.1, 0.15) is 13.3 Å². The molecule has 0 radical (unpaired) electrons. The van der Waals surface area contributed by atoms with Gasteiger partial charge in [-0.2, -0.15) is 0 Å². The van der Waals surface area contributed by atoms with E-state index in [1.807, 2.05) is 19.1 Å². The molecule has 0 aliphatic rings. The fraction of sp³-hybridized carbons (Fsp3) is 0.273. The van der Waals surface area contributed by atoms with E-state index in [1.54, 1.807) is 23.9 Å². The first-order valence-corrected chi connectivity index (χ1v) is 5.13. The molecular formula is C11H12OS. The van der Waals surface area contributed by atoms with Crippen LogP contribution in [0.4, 0.5) is 0 Å². The predicted molar refractivity (Wildman–Crippen MR) is 56.9 cm³/mol. The molecule has 1 aromatic carbocycles. The summed E-state index contributed by atoms with van der Waals surface area (Å²) in [4.78, 5) is 1.10. The number of hydrogen-bond donors (Lipinski definition) is 1. The van der Waals surface area contributed by atoms with E-state index in [0.717, 1.165) is 17.1 Å². The van der Waals surface area contributed by atoms with Crippen LogP contribution < -0.4 is 0 Å². The van der Waals surface area contributed by atoms with E-state index in [1.165, 1.54) is 0 Å². The lowest BCUT2D eigenvalue weighted by atomic mass is 10.3. The summed E-state index contributed by atoms with van der Waals surface area (Å²) in [5.41, 5.74) is 0. The van der Waals surface area contributed by atoms with E-state index in [-0.39, 0.29) is 0 Å². The number of benzene rings is 1. The standard InChI is InChI=1S/C11H12OS/c1-2-3-4-8-13-11-7-5-6-10(12)9-11/h5-7,9,12H,4,8H2,1H3. The summed E-state index contributed by atoms with van der Waals surface area (Å²) in [5, 5.41) is 9.17. The first kappa shape index (κ1) is 10.0. The summed E-state index contributed by atoms with van der Waals surface area (Å²) in [6, 6.07) is 7.28. The van der Waals surface area contributed by atoms with Crippen LogP contribution in [0, 0.1) is 11.8 Å². The van der Waals surface area contributed by atoms with Gasteiger partial charge in [-0.1, -0.05) is 6.07 Å². The van der Waals surface area contributed by atoms with Crippen molar-refractivity contribution in [3.8, 4) is 17.6 Å².